The molecule has 2 nitrogen and oxygen atoms in total. The lowest BCUT2D eigenvalue weighted by Gasteiger charge is -2.06. The summed E-state index contributed by atoms with van der Waals surface area (Å²) < 4.78 is 0. The Morgan fingerprint density at radius 1 is 1.50 bits per heavy atom. The summed E-state index contributed by atoms with van der Waals surface area (Å²) in [7, 11) is 0. The molecule has 1 aromatic carbocycles. The molecule has 1 rings (SSSR count). The standard InChI is InChI=1S/C10H11BrO2S/c1-14-9-3-2-7(6-11)8(4-9)5-10(12)13/h2-4H,5-6H2,1H3,(H,12,13). The molecule has 0 fully saturated rings. The van der Waals surface area contributed by atoms with Crippen LogP contribution in [0, 0.1) is 0 Å². The molecule has 0 aliphatic rings. The molecular formula is C10H11BrO2S. The number of carbonyl (C=O) groups is 1. The number of thioether (sulfide) groups is 1. The van der Waals surface area contributed by atoms with E-state index in [9.17, 15) is 4.79 Å². The van der Waals surface area contributed by atoms with Gasteiger partial charge in [0.15, 0.2) is 0 Å². The van der Waals surface area contributed by atoms with Crippen molar-refractivity contribution in [3.63, 3.8) is 0 Å². The van der Waals surface area contributed by atoms with Gasteiger partial charge in [0.2, 0.25) is 0 Å². The SMILES string of the molecule is CSc1ccc(CBr)c(CC(=O)O)c1. The lowest BCUT2D eigenvalue weighted by molar-refractivity contribution is -0.136. The van der Waals surface area contributed by atoms with E-state index < -0.39 is 5.97 Å². The first kappa shape index (κ1) is 11.6. The van der Waals surface area contributed by atoms with Crippen LogP contribution in [0.4, 0.5) is 0 Å². The van der Waals surface area contributed by atoms with Crippen molar-refractivity contribution < 1.29 is 9.90 Å². The fourth-order valence-corrected chi connectivity index (χ4v) is 2.20. The Morgan fingerprint density at radius 2 is 2.21 bits per heavy atom. The second-order valence-electron chi connectivity index (χ2n) is 2.84. The van der Waals surface area contributed by atoms with Gasteiger partial charge in [0.1, 0.15) is 0 Å². The van der Waals surface area contributed by atoms with Gasteiger partial charge >= 0.3 is 5.97 Å². The van der Waals surface area contributed by atoms with E-state index >= 15 is 0 Å². The van der Waals surface area contributed by atoms with E-state index in [1.165, 1.54) is 0 Å². The van der Waals surface area contributed by atoms with Gasteiger partial charge in [-0.05, 0) is 29.5 Å². The zero-order chi connectivity index (χ0) is 10.6. The summed E-state index contributed by atoms with van der Waals surface area (Å²) in [5, 5.41) is 9.43. The molecular weight excluding hydrogens is 264 g/mol. The van der Waals surface area contributed by atoms with Gasteiger partial charge in [-0.3, -0.25) is 4.79 Å². The van der Waals surface area contributed by atoms with Crippen LogP contribution in [0.25, 0.3) is 0 Å². The normalized spacial score (nSPS) is 10.1. The van der Waals surface area contributed by atoms with Crippen LogP contribution in [0.1, 0.15) is 11.1 Å². The van der Waals surface area contributed by atoms with Crippen LogP contribution in [0.15, 0.2) is 23.1 Å². The van der Waals surface area contributed by atoms with Gasteiger partial charge in [0, 0.05) is 10.2 Å². The second-order valence-corrected chi connectivity index (χ2v) is 4.28. The van der Waals surface area contributed by atoms with Crippen molar-refractivity contribution in [2.75, 3.05) is 6.26 Å². The van der Waals surface area contributed by atoms with Crippen LogP contribution in [-0.4, -0.2) is 17.3 Å². The van der Waals surface area contributed by atoms with Gasteiger partial charge in [-0.1, -0.05) is 22.0 Å². The zero-order valence-corrected chi connectivity index (χ0v) is 10.2. The molecule has 1 N–H and O–H groups in total. The number of rotatable bonds is 4. The van der Waals surface area contributed by atoms with E-state index in [0.717, 1.165) is 16.0 Å². The summed E-state index contributed by atoms with van der Waals surface area (Å²) in [6.07, 6.45) is 2.07. The van der Waals surface area contributed by atoms with Crippen molar-refractivity contribution in [1.29, 1.82) is 0 Å². The number of hydrogen-bond donors (Lipinski definition) is 1. The lowest BCUT2D eigenvalue weighted by atomic mass is 10.1. The van der Waals surface area contributed by atoms with Gasteiger partial charge in [-0.15, -0.1) is 11.8 Å². The average molecular weight is 275 g/mol. The Kier molecular flexibility index (Phi) is 4.48. The Morgan fingerprint density at radius 3 is 2.71 bits per heavy atom. The van der Waals surface area contributed by atoms with Gasteiger partial charge in [0.05, 0.1) is 6.42 Å². The third kappa shape index (κ3) is 3.03. The summed E-state index contributed by atoms with van der Waals surface area (Å²) in [5.41, 5.74) is 1.94. The molecule has 14 heavy (non-hydrogen) atoms. The number of aliphatic carboxylic acids is 1. The summed E-state index contributed by atoms with van der Waals surface area (Å²) in [6, 6.07) is 5.92. The molecule has 0 radical (unpaired) electrons. The minimum atomic E-state index is -0.787. The zero-order valence-electron chi connectivity index (χ0n) is 7.79. The Bertz CT molecular complexity index is 339. The molecule has 0 spiro atoms. The van der Waals surface area contributed by atoms with Gasteiger partial charge in [-0.2, -0.15) is 0 Å². The van der Waals surface area contributed by atoms with E-state index in [1.807, 2.05) is 24.5 Å². The predicted octanol–water partition coefficient (Wildman–Crippen LogP) is 2.93. The van der Waals surface area contributed by atoms with Crippen LogP contribution in [-0.2, 0) is 16.5 Å². The highest BCUT2D eigenvalue weighted by Crippen LogP contribution is 2.21. The minimum absolute atomic E-state index is 0.0926. The lowest BCUT2D eigenvalue weighted by Crippen LogP contribution is -2.02. The monoisotopic (exact) mass is 274 g/mol. The van der Waals surface area contributed by atoms with Crippen LogP contribution in [0.3, 0.4) is 0 Å². The van der Waals surface area contributed by atoms with Crippen molar-refractivity contribution >= 4 is 33.7 Å². The molecule has 0 saturated carbocycles. The van der Waals surface area contributed by atoms with Crippen molar-refractivity contribution in [1.82, 2.24) is 0 Å². The van der Waals surface area contributed by atoms with Gasteiger partial charge in [0.25, 0.3) is 0 Å². The van der Waals surface area contributed by atoms with E-state index in [0.29, 0.717) is 5.33 Å². The van der Waals surface area contributed by atoms with E-state index in [4.69, 9.17) is 5.11 Å². The summed E-state index contributed by atoms with van der Waals surface area (Å²) in [6.45, 7) is 0. The highest BCUT2D eigenvalue weighted by molar-refractivity contribution is 9.08. The number of halogens is 1. The van der Waals surface area contributed by atoms with Crippen molar-refractivity contribution in [3.8, 4) is 0 Å². The smallest absolute Gasteiger partial charge is 0.307 e. The molecule has 0 amide bonds. The number of carboxylic acid groups (broad SMARTS) is 1. The van der Waals surface area contributed by atoms with Crippen LogP contribution in [0.5, 0.6) is 0 Å². The van der Waals surface area contributed by atoms with Crippen molar-refractivity contribution in [2.24, 2.45) is 0 Å². The van der Waals surface area contributed by atoms with Gasteiger partial charge < -0.3 is 5.11 Å². The number of alkyl halides is 1. The minimum Gasteiger partial charge on any atom is -0.481 e. The Hall–Kier alpha value is -0.480. The summed E-state index contributed by atoms with van der Waals surface area (Å²) in [5.74, 6) is -0.787. The molecule has 0 atom stereocenters. The van der Waals surface area contributed by atoms with Gasteiger partial charge in [-0.25, -0.2) is 0 Å². The molecule has 0 aliphatic carbocycles. The largest absolute Gasteiger partial charge is 0.481 e. The predicted molar refractivity (Wildman–Crippen MR) is 62.2 cm³/mol. The number of benzene rings is 1. The average Bonchev–Trinajstić information content (AvgIpc) is 2.16. The van der Waals surface area contributed by atoms with Crippen molar-refractivity contribution in [3.05, 3.63) is 29.3 Å². The molecule has 76 valence electrons. The topological polar surface area (TPSA) is 37.3 Å². The van der Waals surface area contributed by atoms with E-state index in [1.54, 1.807) is 11.8 Å². The molecule has 0 unspecified atom stereocenters. The van der Waals surface area contributed by atoms with Crippen LogP contribution < -0.4 is 0 Å². The maximum Gasteiger partial charge on any atom is 0.307 e. The Labute approximate surface area is 95.8 Å². The Balaban J connectivity index is 3.01. The molecule has 0 heterocycles. The van der Waals surface area contributed by atoms with Crippen molar-refractivity contribution in [2.45, 2.75) is 16.6 Å². The molecule has 0 saturated heterocycles. The second kappa shape index (κ2) is 5.41. The fourth-order valence-electron chi connectivity index (χ4n) is 1.19. The number of carboxylic acids is 1. The molecule has 0 aliphatic heterocycles. The molecule has 4 heteroatoms. The quantitative estimate of drug-likeness (QED) is 0.678. The molecule has 0 aromatic heterocycles. The third-order valence-electron chi connectivity index (χ3n) is 1.90. The maximum atomic E-state index is 10.6. The first-order valence-corrected chi connectivity index (χ1v) is 6.45. The van der Waals surface area contributed by atoms with Crippen LogP contribution in [0.2, 0.25) is 0 Å². The maximum absolute atomic E-state index is 10.6. The fraction of sp³-hybridized carbons (Fsp3) is 0.300. The first-order chi connectivity index (χ1) is 6.67. The molecule has 1 aromatic rings. The number of hydrogen-bond acceptors (Lipinski definition) is 2. The van der Waals surface area contributed by atoms with E-state index in [2.05, 4.69) is 15.9 Å². The first-order valence-electron chi connectivity index (χ1n) is 4.11. The highest BCUT2D eigenvalue weighted by Gasteiger charge is 2.06. The highest BCUT2D eigenvalue weighted by atomic mass is 79.9. The van der Waals surface area contributed by atoms with E-state index in [-0.39, 0.29) is 6.42 Å². The van der Waals surface area contributed by atoms with Crippen LogP contribution >= 0.6 is 27.7 Å². The summed E-state index contributed by atoms with van der Waals surface area (Å²) >= 11 is 4.97. The molecule has 0 bridgehead atoms. The third-order valence-corrected chi connectivity index (χ3v) is 3.23. The summed E-state index contributed by atoms with van der Waals surface area (Å²) in [4.78, 5) is 11.7.